The molecule has 0 N–H and O–H groups in total. The lowest BCUT2D eigenvalue weighted by molar-refractivity contribution is -0.133. The summed E-state index contributed by atoms with van der Waals surface area (Å²) in [5.74, 6) is 0.115. The van der Waals surface area contributed by atoms with E-state index in [1.807, 2.05) is 66.4 Å². The van der Waals surface area contributed by atoms with Crippen molar-refractivity contribution in [3.8, 4) is 0 Å². The quantitative estimate of drug-likeness (QED) is 0.698. The molecule has 1 aliphatic rings. The highest BCUT2D eigenvalue weighted by Gasteiger charge is 2.32. The van der Waals surface area contributed by atoms with Gasteiger partial charge in [-0.3, -0.25) is 9.59 Å². The van der Waals surface area contributed by atoms with E-state index >= 15 is 0 Å². The Hall–Kier alpha value is -3.15. The predicted octanol–water partition coefficient (Wildman–Crippen LogP) is 3.48. The van der Waals surface area contributed by atoms with Crippen molar-refractivity contribution in [3.05, 3.63) is 65.9 Å². The Labute approximate surface area is 163 Å². The van der Waals surface area contributed by atoms with Gasteiger partial charge in [-0.2, -0.15) is 0 Å². The highest BCUT2D eigenvalue weighted by atomic mass is 16.5. The minimum atomic E-state index is -0.207. The second-order valence-electron chi connectivity index (χ2n) is 7.10. The lowest BCUT2D eigenvalue weighted by Gasteiger charge is -2.31. The minimum Gasteiger partial charge on any atom is -0.350 e. The van der Waals surface area contributed by atoms with Crippen molar-refractivity contribution >= 4 is 22.7 Å². The topological polar surface area (TPSA) is 66.7 Å². The molecule has 4 rings (SSSR count). The number of carbonyl (C=O) groups is 2. The maximum absolute atomic E-state index is 13.1. The molecule has 1 saturated heterocycles. The number of hydrogen-bond acceptors (Lipinski definition) is 4. The summed E-state index contributed by atoms with van der Waals surface area (Å²) >= 11 is 0. The molecule has 0 spiro atoms. The molecule has 0 radical (unpaired) electrons. The first-order chi connectivity index (χ1) is 13.7. The first kappa shape index (κ1) is 18.2. The zero-order valence-electron chi connectivity index (χ0n) is 15.9. The van der Waals surface area contributed by atoms with Crippen LogP contribution in [0.2, 0.25) is 0 Å². The van der Waals surface area contributed by atoms with Crippen LogP contribution >= 0.6 is 0 Å². The zero-order valence-corrected chi connectivity index (χ0v) is 15.9. The fraction of sp³-hybridized carbons (Fsp3) is 0.318. The van der Waals surface area contributed by atoms with E-state index in [9.17, 15) is 9.59 Å². The Morgan fingerprint density at radius 3 is 2.68 bits per heavy atom. The third-order valence-electron chi connectivity index (χ3n) is 5.32. The summed E-state index contributed by atoms with van der Waals surface area (Å²) in [6.07, 6.45) is 1.08. The highest BCUT2D eigenvalue weighted by Crippen LogP contribution is 2.23. The Morgan fingerprint density at radius 1 is 1.14 bits per heavy atom. The van der Waals surface area contributed by atoms with Crippen LogP contribution in [0.25, 0.3) is 10.9 Å². The van der Waals surface area contributed by atoms with Crippen LogP contribution in [0.1, 0.15) is 35.9 Å². The summed E-state index contributed by atoms with van der Waals surface area (Å²) in [5.41, 5.74) is 1.75. The summed E-state index contributed by atoms with van der Waals surface area (Å²) < 4.78 is 5.35. The molecule has 144 valence electrons. The fourth-order valence-electron chi connectivity index (χ4n) is 3.74. The third-order valence-corrected chi connectivity index (χ3v) is 5.32. The molecule has 6 heteroatoms. The summed E-state index contributed by atoms with van der Waals surface area (Å²) in [7, 11) is 0. The maximum atomic E-state index is 13.1. The number of rotatable bonds is 4. The predicted molar refractivity (Wildman–Crippen MR) is 106 cm³/mol. The first-order valence-corrected chi connectivity index (χ1v) is 9.64. The van der Waals surface area contributed by atoms with Gasteiger partial charge in [-0.1, -0.05) is 54.5 Å². The summed E-state index contributed by atoms with van der Waals surface area (Å²) in [4.78, 5) is 29.6. The molecule has 0 saturated carbocycles. The number of amides is 2. The Bertz CT molecular complexity index is 983. The van der Waals surface area contributed by atoms with Gasteiger partial charge in [0.15, 0.2) is 0 Å². The molecular formula is C22H23N3O3. The largest absolute Gasteiger partial charge is 0.350 e. The normalized spacial score (nSPS) is 17.8. The minimum absolute atomic E-state index is 0.0339. The molecule has 1 aromatic heterocycles. The number of nitrogens with zero attached hydrogens (tertiary/aromatic N) is 3. The number of carbonyl (C=O) groups excluding carboxylic acids is 2. The second-order valence-corrected chi connectivity index (χ2v) is 7.10. The van der Waals surface area contributed by atoms with Gasteiger partial charge < -0.3 is 14.3 Å². The van der Waals surface area contributed by atoms with Gasteiger partial charge in [0.1, 0.15) is 5.52 Å². The van der Waals surface area contributed by atoms with Gasteiger partial charge in [0.05, 0.1) is 5.39 Å². The van der Waals surface area contributed by atoms with Crippen LogP contribution < -0.4 is 0 Å². The van der Waals surface area contributed by atoms with Gasteiger partial charge in [0.25, 0.3) is 5.91 Å². The van der Waals surface area contributed by atoms with Gasteiger partial charge in [-0.25, -0.2) is 0 Å². The van der Waals surface area contributed by atoms with E-state index in [1.165, 1.54) is 0 Å². The maximum Gasteiger partial charge on any atom is 0.293 e. The molecule has 3 aromatic rings. The molecule has 28 heavy (non-hydrogen) atoms. The van der Waals surface area contributed by atoms with Gasteiger partial charge in [0.2, 0.25) is 11.7 Å². The Balaban J connectivity index is 1.57. The van der Waals surface area contributed by atoms with Gasteiger partial charge in [-0.05, 0) is 24.1 Å². The molecule has 6 nitrogen and oxygen atoms in total. The van der Waals surface area contributed by atoms with Gasteiger partial charge in [0, 0.05) is 32.1 Å². The van der Waals surface area contributed by atoms with Crippen LogP contribution in [-0.4, -0.2) is 45.9 Å². The number of aromatic nitrogens is 1. The molecule has 2 aromatic carbocycles. The van der Waals surface area contributed by atoms with Crippen LogP contribution in [0.4, 0.5) is 0 Å². The molecular weight excluding hydrogens is 354 g/mol. The molecule has 1 atom stereocenters. The zero-order chi connectivity index (χ0) is 19.5. The molecule has 1 fully saturated rings. The van der Waals surface area contributed by atoms with Crippen molar-refractivity contribution in [2.75, 3.05) is 13.1 Å². The molecule has 0 bridgehead atoms. The average Bonchev–Trinajstić information content (AvgIpc) is 3.10. The van der Waals surface area contributed by atoms with E-state index in [4.69, 9.17) is 4.52 Å². The highest BCUT2D eigenvalue weighted by molar-refractivity contribution is 6.03. The van der Waals surface area contributed by atoms with E-state index in [1.54, 1.807) is 4.90 Å². The van der Waals surface area contributed by atoms with Gasteiger partial charge in [-0.15, -0.1) is 0 Å². The van der Waals surface area contributed by atoms with Crippen LogP contribution in [0.15, 0.2) is 59.1 Å². The molecule has 0 aliphatic carbocycles. The van der Waals surface area contributed by atoms with E-state index < -0.39 is 0 Å². The van der Waals surface area contributed by atoms with Crippen molar-refractivity contribution < 1.29 is 14.1 Å². The van der Waals surface area contributed by atoms with Crippen molar-refractivity contribution in [3.63, 3.8) is 0 Å². The van der Waals surface area contributed by atoms with Crippen LogP contribution in [-0.2, 0) is 11.3 Å². The van der Waals surface area contributed by atoms with Crippen LogP contribution in [0, 0.1) is 0 Å². The molecule has 2 heterocycles. The lowest BCUT2D eigenvalue weighted by Crippen LogP contribution is -2.43. The molecule has 0 unspecified atom stereocenters. The van der Waals surface area contributed by atoms with E-state index in [0.29, 0.717) is 37.0 Å². The Kier molecular flexibility index (Phi) is 5.10. The summed E-state index contributed by atoms with van der Waals surface area (Å²) in [5, 5.41) is 4.69. The lowest BCUT2D eigenvalue weighted by atomic mass is 10.1. The second kappa shape index (κ2) is 7.84. The fourth-order valence-corrected chi connectivity index (χ4v) is 3.74. The SMILES string of the molecule is CC[C@@H]1CN(C(=O)c2onc3ccccc23)CCC(=O)N1Cc1ccccc1. The summed E-state index contributed by atoms with van der Waals surface area (Å²) in [6, 6.07) is 17.3. The standard InChI is InChI=1S/C22H23N3O3/c1-2-17-15-24(22(27)21-18-10-6-7-11-19(18)23-28-21)13-12-20(26)25(17)14-16-8-4-3-5-9-16/h3-11,17H,2,12-15H2,1H3/t17-/m1/s1. The van der Waals surface area contributed by atoms with E-state index in [-0.39, 0.29) is 23.6 Å². The molecule has 2 amide bonds. The van der Waals surface area contributed by atoms with E-state index in [2.05, 4.69) is 5.16 Å². The van der Waals surface area contributed by atoms with E-state index in [0.717, 1.165) is 12.0 Å². The summed E-state index contributed by atoms with van der Waals surface area (Å²) in [6.45, 7) is 3.48. The number of benzene rings is 2. The van der Waals surface area contributed by atoms with Crippen molar-refractivity contribution in [2.24, 2.45) is 0 Å². The van der Waals surface area contributed by atoms with Crippen LogP contribution in [0.5, 0.6) is 0 Å². The third kappa shape index (κ3) is 3.50. The first-order valence-electron chi connectivity index (χ1n) is 9.64. The van der Waals surface area contributed by atoms with Crippen LogP contribution in [0.3, 0.4) is 0 Å². The Morgan fingerprint density at radius 2 is 1.89 bits per heavy atom. The van der Waals surface area contributed by atoms with Crippen molar-refractivity contribution in [2.45, 2.75) is 32.4 Å². The smallest absolute Gasteiger partial charge is 0.293 e. The molecule has 1 aliphatic heterocycles. The van der Waals surface area contributed by atoms with Crippen molar-refractivity contribution in [1.29, 1.82) is 0 Å². The van der Waals surface area contributed by atoms with Crippen molar-refractivity contribution in [1.82, 2.24) is 15.0 Å². The average molecular weight is 377 g/mol. The van der Waals surface area contributed by atoms with Gasteiger partial charge >= 0.3 is 0 Å². The monoisotopic (exact) mass is 377 g/mol. The number of fused-ring (bicyclic) bond motifs is 1. The number of hydrogen-bond donors (Lipinski definition) is 0.